The molecule has 2 aromatic rings. The molecule has 100 valence electrons. The van der Waals surface area contributed by atoms with E-state index in [0.29, 0.717) is 0 Å². The molecule has 1 aliphatic carbocycles. The van der Waals surface area contributed by atoms with E-state index in [0.717, 1.165) is 0 Å². The Kier molecular flexibility index (Phi) is 2.29. The van der Waals surface area contributed by atoms with Gasteiger partial charge in [0.1, 0.15) is 0 Å². The second kappa shape index (κ2) is 3.42. The van der Waals surface area contributed by atoms with Gasteiger partial charge in [-0.1, -0.05) is 77.9 Å². The van der Waals surface area contributed by atoms with Gasteiger partial charge < -0.3 is 0 Å². The number of hydrogen-bond acceptors (Lipinski definition) is 0. The Morgan fingerprint density at radius 1 is 0.632 bits per heavy atom. The quantitative estimate of drug-likeness (QED) is 0.586. The minimum absolute atomic E-state index is 0.171. The van der Waals surface area contributed by atoms with Crippen molar-refractivity contribution in [3.05, 3.63) is 47.5 Å². The molecule has 0 bridgehead atoms. The standard InChI is InChI=1S/C19H24/c1-17(2)14-11-7-9-13-10-8-12-15(16(13)14)18(3,4)19(17,5)6/h7-12H,1-6H3. The molecule has 0 spiro atoms. The molecule has 0 amide bonds. The highest BCUT2D eigenvalue weighted by Crippen LogP contribution is 2.59. The molecule has 0 nitrogen and oxygen atoms in total. The first-order valence-electron chi connectivity index (χ1n) is 7.24. The highest BCUT2D eigenvalue weighted by atomic mass is 14.6. The van der Waals surface area contributed by atoms with Gasteiger partial charge in [0.15, 0.2) is 0 Å². The van der Waals surface area contributed by atoms with Crippen LogP contribution >= 0.6 is 0 Å². The van der Waals surface area contributed by atoms with E-state index in [1.54, 1.807) is 0 Å². The SMILES string of the molecule is CC1(C)c2cccc3cccc(c23)C(C)(C)C1(C)C. The first-order valence-corrected chi connectivity index (χ1v) is 7.24. The molecule has 0 heteroatoms. The van der Waals surface area contributed by atoms with Gasteiger partial charge in [0.25, 0.3) is 0 Å². The van der Waals surface area contributed by atoms with Gasteiger partial charge in [0, 0.05) is 0 Å². The van der Waals surface area contributed by atoms with Gasteiger partial charge in [-0.05, 0) is 38.1 Å². The molecule has 0 saturated carbocycles. The summed E-state index contributed by atoms with van der Waals surface area (Å²) in [7, 11) is 0. The predicted octanol–water partition coefficient (Wildman–Crippen LogP) is 5.43. The second-order valence-corrected chi connectivity index (χ2v) is 7.58. The van der Waals surface area contributed by atoms with Crippen molar-refractivity contribution in [1.82, 2.24) is 0 Å². The molecule has 0 fully saturated rings. The first-order chi connectivity index (χ1) is 8.71. The fraction of sp³-hybridized carbons (Fsp3) is 0.474. The van der Waals surface area contributed by atoms with E-state index < -0.39 is 0 Å². The lowest BCUT2D eigenvalue weighted by Crippen LogP contribution is -2.52. The largest absolute Gasteiger partial charge is 0.0613 e. The lowest BCUT2D eigenvalue weighted by atomic mass is 9.47. The van der Waals surface area contributed by atoms with Gasteiger partial charge >= 0.3 is 0 Å². The van der Waals surface area contributed by atoms with Crippen molar-refractivity contribution in [2.45, 2.75) is 52.4 Å². The average molecular weight is 252 g/mol. The van der Waals surface area contributed by atoms with E-state index in [1.807, 2.05) is 0 Å². The maximum atomic E-state index is 2.42. The fourth-order valence-electron chi connectivity index (χ4n) is 3.84. The number of benzene rings is 2. The third kappa shape index (κ3) is 1.30. The lowest BCUT2D eigenvalue weighted by molar-refractivity contribution is 0.0870. The van der Waals surface area contributed by atoms with Crippen LogP contribution in [0.5, 0.6) is 0 Å². The van der Waals surface area contributed by atoms with Crippen molar-refractivity contribution in [2.75, 3.05) is 0 Å². The third-order valence-corrected chi connectivity index (χ3v) is 6.38. The Hall–Kier alpha value is -1.30. The van der Waals surface area contributed by atoms with Gasteiger partial charge in [0.2, 0.25) is 0 Å². The van der Waals surface area contributed by atoms with Crippen LogP contribution in [-0.4, -0.2) is 0 Å². The average Bonchev–Trinajstić information content (AvgIpc) is 2.35. The maximum absolute atomic E-state index is 2.42. The van der Waals surface area contributed by atoms with Crippen LogP contribution in [0.4, 0.5) is 0 Å². The summed E-state index contributed by atoms with van der Waals surface area (Å²) in [5.74, 6) is 0. The minimum Gasteiger partial charge on any atom is -0.0613 e. The Morgan fingerprint density at radius 3 is 1.47 bits per heavy atom. The molecular weight excluding hydrogens is 228 g/mol. The minimum atomic E-state index is 0.171. The van der Waals surface area contributed by atoms with Crippen LogP contribution < -0.4 is 0 Å². The van der Waals surface area contributed by atoms with E-state index in [4.69, 9.17) is 0 Å². The molecule has 0 aliphatic heterocycles. The van der Waals surface area contributed by atoms with E-state index in [2.05, 4.69) is 77.9 Å². The molecule has 0 N–H and O–H groups in total. The summed E-state index contributed by atoms with van der Waals surface area (Å²) >= 11 is 0. The van der Waals surface area contributed by atoms with Crippen LogP contribution in [0.25, 0.3) is 10.8 Å². The molecule has 19 heavy (non-hydrogen) atoms. The molecule has 0 atom stereocenters. The highest BCUT2D eigenvalue weighted by molar-refractivity contribution is 5.92. The van der Waals surface area contributed by atoms with Crippen LogP contribution in [0.1, 0.15) is 52.7 Å². The maximum Gasteiger partial charge on any atom is -0.00379 e. The fourth-order valence-corrected chi connectivity index (χ4v) is 3.84. The van der Waals surface area contributed by atoms with Gasteiger partial charge in [-0.2, -0.15) is 0 Å². The summed E-state index contributed by atoms with van der Waals surface area (Å²) in [5, 5.41) is 2.87. The van der Waals surface area contributed by atoms with Crippen molar-refractivity contribution in [3.8, 4) is 0 Å². The summed E-state index contributed by atoms with van der Waals surface area (Å²) in [6.07, 6.45) is 0. The molecule has 0 unspecified atom stereocenters. The number of hydrogen-bond donors (Lipinski definition) is 0. The van der Waals surface area contributed by atoms with E-state index >= 15 is 0 Å². The zero-order valence-electron chi connectivity index (χ0n) is 13.0. The van der Waals surface area contributed by atoms with Crippen molar-refractivity contribution >= 4 is 10.8 Å². The Balaban J connectivity index is 2.55. The van der Waals surface area contributed by atoms with E-state index in [9.17, 15) is 0 Å². The van der Waals surface area contributed by atoms with E-state index in [-0.39, 0.29) is 16.2 Å². The topological polar surface area (TPSA) is 0 Å². The van der Waals surface area contributed by atoms with Crippen LogP contribution in [-0.2, 0) is 10.8 Å². The van der Waals surface area contributed by atoms with E-state index in [1.165, 1.54) is 21.9 Å². The van der Waals surface area contributed by atoms with Crippen molar-refractivity contribution in [1.29, 1.82) is 0 Å². The highest BCUT2D eigenvalue weighted by Gasteiger charge is 2.53. The molecule has 3 rings (SSSR count). The summed E-state index contributed by atoms with van der Waals surface area (Å²) in [6, 6.07) is 13.5. The summed E-state index contributed by atoms with van der Waals surface area (Å²) in [6.45, 7) is 14.4. The van der Waals surface area contributed by atoms with Crippen LogP contribution in [0.3, 0.4) is 0 Å². The molecule has 0 saturated heterocycles. The zero-order chi connectivity index (χ0) is 14.1. The summed E-state index contributed by atoms with van der Waals surface area (Å²) in [4.78, 5) is 0. The molecule has 0 aromatic heterocycles. The molecular formula is C19H24. The predicted molar refractivity (Wildman–Crippen MR) is 83.8 cm³/mol. The molecule has 0 heterocycles. The Morgan fingerprint density at radius 2 is 1.05 bits per heavy atom. The second-order valence-electron chi connectivity index (χ2n) is 7.58. The molecule has 1 aliphatic rings. The van der Waals surface area contributed by atoms with Crippen molar-refractivity contribution in [2.24, 2.45) is 5.41 Å². The monoisotopic (exact) mass is 252 g/mol. The van der Waals surface area contributed by atoms with Crippen molar-refractivity contribution in [3.63, 3.8) is 0 Å². The van der Waals surface area contributed by atoms with Gasteiger partial charge in [0.05, 0.1) is 0 Å². The zero-order valence-corrected chi connectivity index (χ0v) is 13.0. The van der Waals surface area contributed by atoms with Gasteiger partial charge in [-0.15, -0.1) is 0 Å². The normalized spacial score (nSPS) is 22.4. The van der Waals surface area contributed by atoms with Crippen LogP contribution in [0.15, 0.2) is 36.4 Å². The smallest absolute Gasteiger partial charge is 0.00379 e. The number of rotatable bonds is 0. The Bertz CT molecular complexity index is 604. The van der Waals surface area contributed by atoms with Gasteiger partial charge in [-0.3, -0.25) is 0 Å². The molecule has 0 radical (unpaired) electrons. The summed E-state index contributed by atoms with van der Waals surface area (Å²) < 4.78 is 0. The van der Waals surface area contributed by atoms with Crippen LogP contribution in [0, 0.1) is 5.41 Å². The van der Waals surface area contributed by atoms with Gasteiger partial charge in [-0.25, -0.2) is 0 Å². The summed E-state index contributed by atoms with van der Waals surface area (Å²) in [5.41, 5.74) is 3.56. The lowest BCUT2D eigenvalue weighted by Gasteiger charge is -2.56. The third-order valence-electron chi connectivity index (χ3n) is 6.38. The Labute approximate surface area is 116 Å². The van der Waals surface area contributed by atoms with Crippen LogP contribution in [0.2, 0.25) is 0 Å². The van der Waals surface area contributed by atoms with Crippen molar-refractivity contribution < 1.29 is 0 Å². The molecule has 2 aromatic carbocycles. The first kappa shape index (κ1) is 12.7.